The van der Waals surface area contributed by atoms with Gasteiger partial charge in [-0.3, -0.25) is 9.79 Å². The van der Waals surface area contributed by atoms with Gasteiger partial charge in [-0.2, -0.15) is 5.10 Å². The molecule has 1 unspecified atom stereocenters. The largest absolute Gasteiger partial charge is 0.376 e. The van der Waals surface area contributed by atoms with E-state index in [0.717, 1.165) is 43.7 Å². The van der Waals surface area contributed by atoms with Gasteiger partial charge in [0.05, 0.1) is 12.6 Å². The second kappa shape index (κ2) is 9.39. The second-order valence-corrected chi connectivity index (χ2v) is 8.57. The van der Waals surface area contributed by atoms with Crippen molar-refractivity contribution in [2.75, 3.05) is 37.7 Å². The number of amides is 1. The summed E-state index contributed by atoms with van der Waals surface area (Å²) in [6.07, 6.45) is 5.38. The van der Waals surface area contributed by atoms with Crippen LogP contribution in [0.4, 0.5) is 5.69 Å². The third-order valence-electron chi connectivity index (χ3n) is 5.70. The van der Waals surface area contributed by atoms with E-state index in [-0.39, 0.29) is 17.4 Å². The summed E-state index contributed by atoms with van der Waals surface area (Å²) in [7, 11) is 0. The number of hydrogen-bond donors (Lipinski definition) is 2. The summed E-state index contributed by atoms with van der Waals surface area (Å²) in [5.41, 5.74) is 4.09. The van der Waals surface area contributed by atoms with Gasteiger partial charge in [0.1, 0.15) is 5.71 Å². The molecule has 1 aromatic carbocycles. The first-order chi connectivity index (χ1) is 13.9. The van der Waals surface area contributed by atoms with Gasteiger partial charge in [-0.05, 0) is 43.9 Å². The fraction of sp³-hybridized carbons (Fsp3) is 0.591. The van der Waals surface area contributed by atoms with Crippen molar-refractivity contribution in [3.05, 3.63) is 29.3 Å². The Morgan fingerprint density at radius 1 is 1.41 bits per heavy atom. The number of carbonyl (C=O) groups excluding carboxylic acids is 1. The third-order valence-corrected chi connectivity index (χ3v) is 5.70. The molecule has 2 heterocycles. The van der Waals surface area contributed by atoms with Crippen LogP contribution in [0.25, 0.3) is 0 Å². The number of benzene rings is 1. The van der Waals surface area contributed by atoms with E-state index in [0.29, 0.717) is 18.8 Å². The van der Waals surface area contributed by atoms with E-state index in [1.807, 2.05) is 0 Å². The molecule has 3 rings (SSSR count). The van der Waals surface area contributed by atoms with Crippen LogP contribution in [0.2, 0.25) is 0 Å². The fourth-order valence-electron chi connectivity index (χ4n) is 4.02. The lowest BCUT2D eigenvalue weighted by molar-refractivity contribution is -0.119. The summed E-state index contributed by atoms with van der Waals surface area (Å²) in [6.45, 7) is 9.87. The minimum atomic E-state index is 0.0233. The summed E-state index contributed by atoms with van der Waals surface area (Å²) in [6, 6.07) is 6.32. The molecule has 29 heavy (non-hydrogen) atoms. The number of carbonyl (C=O) groups is 1. The average molecular weight is 400 g/mol. The van der Waals surface area contributed by atoms with Crippen molar-refractivity contribution < 1.29 is 9.53 Å². The molecule has 1 amide bonds. The molecule has 158 valence electrons. The number of nitrogens with two attached hydrogens (primary N) is 1. The van der Waals surface area contributed by atoms with E-state index in [4.69, 9.17) is 10.6 Å². The molecule has 0 bridgehead atoms. The molecule has 0 spiro atoms. The van der Waals surface area contributed by atoms with E-state index in [2.05, 4.69) is 52.4 Å². The normalized spacial score (nSPS) is 21.8. The SMILES string of the molecule is CC(=O)NCC1(C)CN(c2ccc(/C(C=NCC3CCCCO3)=N/N)c(C)c2)C1. The first-order valence-electron chi connectivity index (χ1n) is 10.4. The zero-order valence-corrected chi connectivity index (χ0v) is 17.8. The lowest BCUT2D eigenvalue weighted by Crippen LogP contribution is -2.59. The van der Waals surface area contributed by atoms with Crippen LogP contribution >= 0.6 is 0 Å². The Morgan fingerprint density at radius 2 is 2.21 bits per heavy atom. The maximum atomic E-state index is 11.2. The Hall–Kier alpha value is -2.41. The molecule has 7 heteroatoms. The topological polar surface area (TPSA) is 92.3 Å². The van der Waals surface area contributed by atoms with Gasteiger partial charge in [-0.15, -0.1) is 0 Å². The highest BCUT2D eigenvalue weighted by Crippen LogP contribution is 2.34. The summed E-state index contributed by atoms with van der Waals surface area (Å²) in [5.74, 6) is 5.67. The molecule has 1 aromatic rings. The van der Waals surface area contributed by atoms with Crippen molar-refractivity contribution in [2.45, 2.75) is 46.1 Å². The number of anilines is 1. The smallest absolute Gasteiger partial charge is 0.216 e. The highest BCUT2D eigenvalue weighted by atomic mass is 16.5. The molecular weight excluding hydrogens is 366 g/mol. The van der Waals surface area contributed by atoms with Crippen LogP contribution in [0.5, 0.6) is 0 Å². The summed E-state index contributed by atoms with van der Waals surface area (Å²) in [4.78, 5) is 18.0. The molecular formula is C22H33N5O2. The van der Waals surface area contributed by atoms with Crippen molar-refractivity contribution in [2.24, 2.45) is 21.4 Å². The average Bonchev–Trinajstić information content (AvgIpc) is 2.69. The van der Waals surface area contributed by atoms with E-state index in [9.17, 15) is 4.79 Å². The number of hydrazone groups is 1. The van der Waals surface area contributed by atoms with Crippen molar-refractivity contribution in [1.29, 1.82) is 0 Å². The summed E-state index contributed by atoms with van der Waals surface area (Å²) in [5, 5.41) is 6.87. The van der Waals surface area contributed by atoms with Crippen molar-refractivity contribution >= 4 is 23.5 Å². The van der Waals surface area contributed by atoms with Gasteiger partial charge in [0, 0.05) is 56.0 Å². The van der Waals surface area contributed by atoms with Gasteiger partial charge in [0.25, 0.3) is 0 Å². The lowest BCUT2D eigenvalue weighted by atomic mass is 9.81. The highest BCUT2D eigenvalue weighted by molar-refractivity contribution is 6.38. The number of nitrogens with one attached hydrogen (secondary N) is 1. The molecule has 1 atom stereocenters. The Bertz CT molecular complexity index is 777. The van der Waals surface area contributed by atoms with Gasteiger partial charge in [-0.1, -0.05) is 13.0 Å². The van der Waals surface area contributed by atoms with Crippen LogP contribution in [0.3, 0.4) is 0 Å². The van der Waals surface area contributed by atoms with Crippen LogP contribution in [0.1, 0.15) is 44.2 Å². The van der Waals surface area contributed by atoms with Gasteiger partial charge in [-0.25, -0.2) is 0 Å². The first-order valence-corrected chi connectivity index (χ1v) is 10.4. The van der Waals surface area contributed by atoms with Gasteiger partial charge < -0.3 is 20.8 Å². The molecule has 7 nitrogen and oxygen atoms in total. The number of rotatable bonds is 7. The molecule has 2 aliphatic rings. The maximum absolute atomic E-state index is 11.2. The molecule has 0 radical (unpaired) electrons. The van der Waals surface area contributed by atoms with Crippen molar-refractivity contribution in [1.82, 2.24) is 5.32 Å². The number of nitrogens with zero attached hydrogens (tertiary/aromatic N) is 3. The third kappa shape index (κ3) is 5.56. The minimum absolute atomic E-state index is 0.0233. The van der Waals surface area contributed by atoms with Crippen LogP contribution in [0.15, 0.2) is 28.3 Å². The predicted molar refractivity (Wildman–Crippen MR) is 118 cm³/mol. The predicted octanol–water partition coefficient (Wildman–Crippen LogP) is 2.26. The van der Waals surface area contributed by atoms with Crippen LogP contribution < -0.4 is 16.1 Å². The van der Waals surface area contributed by atoms with Crippen LogP contribution in [0, 0.1) is 12.3 Å². The molecule has 0 saturated carbocycles. The number of aliphatic imine (C=N–C) groups is 1. The molecule has 3 N–H and O–H groups in total. The second-order valence-electron chi connectivity index (χ2n) is 8.57. The minimum Gasteiger partial charge on any atom is -0.376 e. The van der Waals surface area contributed by atoms with E-state index in [1.54, 1.807) is 13.1 Å². The summed E-state index contributed by atoms with van der Waals surface area (Å²) >= 11 is 0. The Kier molecular flexibility index (Phi) is 6.90. The van der Waals surface area contributed by atoms with Crippen LogP contribution in [-0.2, 0) is 9.53 Å². The van der Waals surface area contributed by atoms with Gasteiger partial charge in [0.2, 0.25) is 5.91 Å². The van der Waals surface area contributed by atoms with E-state index in [1.165, 1.54) is 12.1 Å². The Morgan fingerprint density at radius 3 is 2.83 bits per heavy atom. The Balaban J connectivity index is 1.59. The number of ether oxygens (including phenoxy) is 1. The zero-order valence-electron chi connectivity index (χ0n) is 17.8. The van der Waals surface area contributed by atoms with Gasteiger partial charge in [0.15, 0.2) is 0 Å². The van der Waals surface area contributed by atoms with E-state index >= 15 is 0 Å². The first kappa shape index (κ1) is 21.3. The monoisotopic (exact) mass is 399 g/mol. The Labute approximate surface area is 173 Å². The zero-order chi connectivity index (χ0) is 20.9. The van der Waals surface area contributed by atoms with Crippen molar-refractivity contribution in [3.8, 4) is 0 Å². The maximum Gasteiger partial charge on any atom is 0.216 e. The van der Waals surface area contributed by atoms with Gasteiger partial charge >= 0.3 is 0 Å². The molecule has 2 fully saturated rings. The fourth-order valence-corrected chi connectivity index (χ4v) is 4.02. The number of aryl methyl sites for hydroxylation is 1. The standard InChI is InChI=1S/C22H33N5O2/c1-16-10-18(27-14-22(3,15-27)13-25-17(2)28)7-8-20(16)21(26-23)12-24-11-19-6-4-5-9-29-19/h7-8,10,12,19H,4-6,9,11,13-15,23H2,1-3H3,(H,25,28)/b24-12?,26-21+. The van der Waals surface area contributed by atoms with Crippen molar-refractivity contribution in [3.63, 3.8) is 0 Å². The molecule has 2 aliphatic heterocycles. The number of hydrogen-bond acceptors (Lipinski definition) is 6. The molecule has 0 aromatic heterocycles. The molecule has 0 aliphatic carbocycles. The quantitative estimate of drug-likeness (QED) is 0.418. The van der Waals surface area contributed by atoms with E-state index < -0.39 is 0 Å². The highest BCUT2D eigenvalue weighted by Gasteiger charge is 2.38. The summed E-state index contributed by atoms with van der Waals surface area (Å²) < 4.78 is 5.72. The lowest BCUT2D eigenvalue weighted by Gasteiger charge is -2.49. The molecule has 2 saturated heterocycles. The van der Waals surface area contributed by atoms with Crippen LogP contribution in [-0.4, -0.2) is 56.7 Å².